The molecule has 0 aliphatic carbocycles. The predicted molar refractivity (Wildman–Crippen MR) is 162 cm³/mol. The molecule has 40 heavy (non-hydrogen) atoms. The molecular formula is C34H40N2O4. The van der Waals surface area contributed by atoms with Crippen LogP contribution in [0.1, 0.15) is 69.8 Å². The van der Waals surface area contributed by atoms with E-state index in [4.69, 9.17) is 4.74 Å². The van der Waals surface area contributed by atoms with Crippen LogP contribution >= 0.6 is 0 Å². The van der Waals surface area contributed by atoms with Gasteiger partial charge in [0.2, 0.25) is 0 Å². The van der Waals surface area contributed by atoms with Gasteiger partial charge in [-0.2, -0.15) is 0 Å². The van der Waals surface area contributed by atoms with E-state index >= 15 is 0 Å². The molecule has 1 heterocycles. The van der Waals surface area contributed by atoms with Crippen molar-refractivity contribution in [3.8, 4) is 5.75 Å². The highest BCUT2D eigenvalue weighted by Crippen LogP contribution is 2.43. The molecule has 0 spiro atoms. The van der Waals surface area contributed by atoms with Crippen LogP contribution in [0.5, 0.6) is 5.75 Å². The zero-order chi connectivity index (χ0) is 29.2. The quantitative estimate of drug-likeness (QED) is 0.186. The SMILES string of the molecule is CCOc1ccc(/C(O)=C2/C(=O)C(=O)N(c3ccc(C)cc3)C2c2ccc(N(CC)CC)cc2)cc1C(C)(C)C. The highest BCUT2D eigenvalue weighted by Gasteiger charge is 2.47. The molecule has 1 unspecified atom stereocenters. The van der Waals surface area contributed by atoms with Crippen LogP contribution in [-0.4, -0.2) is 36.5 Å². The standard InChI is InChI=1S/C34H40N2O4/c1-8-35(9-2)25-18-13-23(14-19-25)30-29(32(38)33(39)36(30)26-16-11-22(4)12-17-26)31(37)24-15-20-28(40-10-3)27(21-24)34(5,6)7/h11-21,30,37H,8-10H2,1-7H3/b31-29-. The lowest BCUT2D eigenvalue weighted by Crippen LogP contribution is -2.29. The van der Waals surface area contributed by atoms with Crippen LogP contribution in [0.25, 0.3) is 5.76 Å². The van der Waals surface area contributed by atoms with Crippen LogP contribution in [0.4, 0.5) is 11.4 Å². The van der Waals surface area contributed by atoms with E-state index in [2.05, 4.69) is 39.5 Å². The molecule has 6 nitrogen and oxygen atoms in total. The van der Waals surface area contributed by atoms with Crippen molar-refractivity contribution in [2.24, 2.45) is 0 Å². The summed E-state index contributed by atoms with van der Waals surface area (Å²) in [5, 5.41) is 11.7. The van der Waals surface area contributed by atoms with Gasteiger partial charge in [-0.15, -0.1) is 0 Å². The maximum atomic E-state index is 13.6. The number of rotatable bonds is 8. The first-order chi connectivity index (χ1) is 19.0. The molecule has 3 aromatic carbocycles. The first-order valence-corrected chi connectivity index (χ1v) is 14.0. The highest BCUT2D eigenvalue weighted by atomic mass is 16.5. The van der Waals surface area contributed by atoms with Crippen molar-refractivity contribution in [3.05, 3.63) is 94.6 Å². The van der Waals surface area contributed by atoms with Crippen molar-refractivity contribution in [1.82, 2.24) is 0 Å². The van der Waals surface area contributed by atoms with Gasteiger partial charge in [-0.3, -0.25) is 14.5 Å². The Hall–Kier alpha value is -4.06. The lowest BCUT2D eigenvalue weighted by molar-refractivity contribution is -0.132. The van der Waals surface area contributed by atoms with Gasteiger partial charge in [0.25, 0.3) is 11.7 Å². The van der Waals surface area contributed by atoms with E-state index in [1.165, 1.54) is 4.90 Å². The second-order valence-corrected chi connectivity index (χ2v) is 11.2. The van der Waals surface area contributed by atoms with Gasteiger partial charge in [0, 0.05) is 35.6 Å². The zero-order valence-electron chi connectivity index (χ0n) is 24.6. The predicted octanol–water partition coefficient (Wildman–Crippen LogP) is 7.16. The third-order valence-electron chi connectivity index (χ3n) is 7.45. The molecule has 1 aliphatic heterocycles. The summed E-state index contributed by atoms with van der Waals surface area (Å²) in [6, 6.07) is 20.1. The number of amides is 1. The van der Waals surface area contributed by atoms with Crippen molar-refractivity contribution in [1.29, 1.82) is 0 Å². The summed E-state index contributed by atoms with van der Waals surface area (Å²) in [5.41, 5.74) is 4.64. The Kier molecular flexibility index (Phi) is 8.38. The van der Waals surface area contributed by atoms with Gasteiger partial charge in [0.15, 0.2) is 0 Å². The average Bonchev–Trinajstić information content (AvgIpc) is 3.19. The average molecular weight is 541 g/mol. The molecule has 3 aromatic rings. The summed E-state index contributed by atoms with van der Waals surface area (Å²) in [6.45, 7) is 16.6. The first-order valence-electron chi connectivity index (χ1n) is 14.0. The van der Waals surface area contributed by atoms with Gasteiger partial charge >= 0.3 is 0 Å². The van der Waals surface area contributed by atoms with Crippen LogP contribution in [0.2, 0.25) is 0 Å². The molecule has 0 radical (unpaired) electrons. The zero-order valence-corrected chi connectivity index (χ0v) is 24.6. The van der Waals surface area contributed by atoms with E-state index in [0.717, 1.165) is 41.2 Å². The number of aryl methyl sites for hydroxylation is 1. The van der Waals surface area contributed by atoms with E-state index in [-0.39, 0.29) is 16.7 Å². The largest absolute Gasteiger partial charge is 0.507 e. The first kappa shape index (κ1) is 28.9. The molecule has 6 heteroatoms. The molecule has 1 aliphatic rings. The van der Waals surface area contributed by atoms with Crippen molar-refractivity contribution < 1.29 is 19.4 Å². The number of hydrogen-bond donors (Lipinski definition) is 1. The minimum Gasteiger partial charge on any atom is -0.507 e. The second-order valence-electron chi connectivity index (χ2n) is 11.2. The number of benzene rings is 3. The van der Waals surface area contributed by atoms with Crippen LogP contribution in [0.15, 0.2) is 72.3 Å². The number of aliphatic hydroxyl groups is 1. The normalized spacial score (nSPS) is 16.9. The molecule has 4 rings (SSSR count). The number of carbonyl (C=O) groups excluding carboxylic acids is 2. The fourth-order valence-corrected chi connectivity index (χ4v) is 5.28. The number of ether oxygens (including phenoxy) is 1. The van der Waals surface area contributed by atoms with Gasteiger partial charge in [-0.25, -0.2) is 0 Å². The third kappa shape index (κ3) is 5.48. The number of anilines is 2. The minimum atomic E-state index is -0.780. The minimum absolute atomic E-state index is 0.0742. The van der Waals surface area contributed by atoms with E-state index in [9.17, 15) is 14.7 Å². The summed E-state index contributed by atoms with van der Waals surface area (Å²) in [6.07, 6.45) is 0. The molecular weight excluding hydrogens is 500 g/mol. The Bertz CT molecular complexity index is 1410. The monoisotopic (exact) mass is 540 g/mol. The number of carbonyl (C=O) groups is 2. The fourth-order valence-electron chi connectivity index (χ4n) is 5.28. The Morgan fingerprint density at radius 2 is 1.55 bits per heavy atom. The van der Waals surface area contributed by atoms with E-state index in [0.29, 0.717) is 17.9 Å². The molecule has 210 valence electrons. The second kappa shape index (κ2) is 11.6. The van der Waals surface area contributed by atoms with Crippen LogP contribution in [-0.2, 0) is 15.0 Å². The molecule has 0 aromatic heterocycles. The van der Waals surface area contributed by atoms with Crippen molar-refractivity contribution >= 4 is 28.8 Å². The van der Waals surface area contributed by atoms with Crippen LogP contribution in [0.3, 0.4) is 0 Å². The fraction of sp³-hybridized carbons (Fsp3) is 0.353. The van der Waals surface area contributed by atoms with Gasteiger partial charge in [-0.1, -0.05) is 50.6 Å². The summed E-state index contributed by atoms with van der Waals surface area (Å²) >= 11 is 0. The van der Waals surface area contributed by atoms with E-state index in [1.54, 1.807) is 6.07 Å². The van der Waals surface area contributed by atoms with Gasteiger partial charge in [-0.05, 0) is 81.1 Å². The number of hydrogen-bond acceptors (Lipinski definition) is 5. The van der Waals surface area contributed by atoms with Crippen LogP contribution < -0.4 is 14.5 Å². The van der Waals surface area contributed by atoms with Gasteiger partial charge < -0.3 is 14.7 Å². The smallest absolute Gasteiger partial charge is 0.300 e. The lowest BCUT2D eigenvalue weighted by atomic mass is 9.84. The van der Waals surface area contributed by atoms with Crippen molar-refractivity contribution in [2.75, 3.05) is 29.5 Å². The van der Waals surface area contributed by atoms with E-state index < -0.39 is 17.7 Å². The molecule has 1 atom stereocenters. The maximum Gasteiger partial charge on any atom is 0.300 e. The number of ketones is 1. The van der Waals surface area contributed by atoms with E-state index in [1.807, 2.05) is 74.5 Å². The maximum absolute atomic E-state index is 13.6. The molecule has 1 N–H and O–H groups in total. The molecule has 1 amide bonds. The summed E-state index contributed by atoms with van der Waals surface area (Å²) < 4.78 is 5.85. The molecule has 0 bridgehead atoms. The third-order valence-corrected chi connectivity index (χ3v) is 7.45. The van der Waals surface area contributed by atoms with Gasteiger partial charge in [0.05, 0.1) is 18.2 Å². The molecule has 0 saturated carbocycles. The van der Waals surface area contributed by atoms with Crippen molar-refractivity contribution in [2.45, 2.75) is 59.9 Å². The Labute approximate surface area is 237 Å². The summed E-state index contributed by atoms with van der Waals surface area (Å²) in [4.78, 5) is 30.9. The Morgan fingerprint density at radius 3 is 2.10 bits per heavy atom. The van der Waals surface area contributed by atoms with Gasteiger partial charge in [0.1, 0.15) is 11.5 Å². The lowest BCUT2D eigenvalue weighted by Gasteiger charge is -2.27. The summed E-state index contributed by atoms with van der Waals surface area (Å²) in [7, 11) is 0. The van der Waals surface area contributed by atoms with Crippen LogP contribution in [0, 0.1) is 6.92 Å². The highest BCUT2D eigenvalue weighted by molar-refractivity contribution is 6.51. The summed E-state index contributed by atoms with van der Waals surface area (Å²) in [5.74, 6) is -0.832. The Balaban J connectivity index is 1.92. The molecule has 1 fully saturated rings. The number of nitrogens with zero attached hydrogens (tertiary/aromatic N) is 2. The number of aliphatic hydroxyl groups excluding tert-OH is 1. The number of Topliss-reactive ketones (excluding diaryl/α,β-unsaturated/α-hetero) is 1. The molecule has 1 saturated heterocycles. The Morgan fingerprint density at radius 1 is 0.925 bits per heavy atom. The van der Waals surface area contributed by atoms with Crippen molar-refractivity contribution in [3.63, 3.8) is 0 Å². The topological polar surface area (TPSA) is 70.1 Å².